The van der Waals surface area contributed by atoms with Crippen molar-refractivity contribution < 1.29 is 0 Å². The Balaban J connectivity index is 2.07. The molecule has 2 aromatic rings. The van der Waals surface area contributed by atoms with Crippen molar-refractivity contribution in [1.29, 1.82) is 0 Å². The molecule has 0 N–H and O–H groups in total. The highest BCUT2D eigenvalue weighted by molar-refractivity contribution is 5.70. The SMILES string of the molecule is CCC1C(C)N(c2c(C)cc(C)cc2C)[C]N1c1c(C)cc(C)cc1C. The van der Waals surface area contributed by atoms with E-state index in [9.17, 15) is 0 Å². The van der Waals surface area contributed by atoms with E-state index in [2.05, 4.69) is 96.1 Å². The van der Waals surface area contributed by atoms with E-state index in [1.165, 1.54) is 44.8 Å². The first-order valence-electron chi connectivity index (χ1n) is 9.75. The Hall–Kier alpha value is -1.96. The van der Waals surface area contributed by atoms with Gasteiger partial charge in [-0.05, 0) is 77.1 Å². The molecule has 0 aromatic heterocycles. The average molecular weight is 349 g/mol. The van der Waals surface area contributed by atoms with Gasteiger partial charge in [-0.3, -0.25) is 0 Å². The summed E-state index contributed by atoms with van der Waals surface area (Å²) < 4.78 is 0. The molecule has 0 spiro atoms. The highest BCUT2D eigenvalue weighted by atomic mass is 15.4. The van der Waals surface area contributed by atoms with Gasteiger partial charge in [0.15, 0.2) is 0 Å². The van der Waals surface area contributed by atoms with Crippen LogP contribution >= 0.6 is 0 Å². The topological polar surface area (TPSA) is 6.48 Å². The van der Waals surface area contributed by atoms with Crippen LogP contribution in [0.15, 0.2) is 24.3 Å². The maximum absolute atomic E-state index is 3.74. The zero-order valence-corrected chi connectivity index (χ0v) is 17.6. The molecule has 1 fully saturated rings. The van der Waals surface area contributed by atoms with Gasteiger partial charge in [-0.2, -0.15) is 0 Å². The molecule has 2 nitrogen and oxygen atoms in total. The Kier molecular flexibility index (Phi) is 5.05. The fraction of sp³-hybridized carbons (Fsp3) is 0.458. The molecule has 0 aliphatic carbocycles. The first-order chi connectivity index (χ1) is 12.2. The van der Waals surface area contributed by atoms with Crippen LogP contribution in [0.1, 0.15) is 53.6 Å². The number of rotatable bonds is 3. The summed E-state index contributed by atoms with van der Waals surface area (Å²) in [5, 5.41) is 0. The minimum Gasteiger partial charge on any atom is -0.336 e. The fourth-order valence-electron chi connectivity index (χ4n) is 4.77. The highest BCUT2D eigenvalue weighted by Gasteiger charge is 2.40. The second-order valence-corrected chi connectivity index (χ2v) is 8.05. The Labute approximate surface area is 159 Å². The monoisotopic (exact) mass is 348 g/mol. The van der Waals surface area contributed by atoms with E-state index in [-0.39, 0.29) is 0 Å². The summed E-state index contributed by atoms with van der Waals surface area (Å²) in [5.41, 5.74) is 10.6. The Morgan fingerprint density at radius 2 is 1.12 bits per heavy atom. The third kappa shape index (κ3) is 3.11. The molecule has 0 saturated carbocycles. The second-order valence-electron chi connectivity index (χ2n) is 8.05. The van der Waals surface area contributed by atoms with Gasteiger partial charge in [-0.25, -0.2) is 0 Å². The normalized spacial score (nSPS) is 20.2. The van der Waals surface area contributed by atoms with E-state index in [0.717, 1.165) is 6.42 Å². The van der Waals surface area contributed by atoms with Crippen LogP contribution in [0.25, 0.3) is 0 Å². The predicted octanol–water partition coefficient (Wildman–Crippen LogP) is 6.03. The van der Waals surface area contributed by atoms with Crippen molar-refractivity contribution in [3.63, 3.8) is 0 Å². The van der Waals surface area contributed by atoms with Crippen molar-refractivity contribution in [3.8, 4) is 0 Å². The average Bonchev–Trinajstić information content (AvgIpc) is 2.82. The Morgan fingerprint density at radius 1 is 0.731 bits per heavy atom. The van der Waals surface area contributed by atoms with Crippen LogP contribution in [0.3, 0.4) is 0 Å². The molecule has 2 aromatic carbocycles. The largest absolute Gasteiger partial charge is 0.336 e. The third-order valence-electron chi connectivity index (χ3n) is 5.68. The molecule has 2 radical (unpaired) electrons. The number of anilines is 2. The summed E-state index contributed by atoms with van der Waals surface area (Å²) in [6, 6.07) is 9.94. The molecule has 26 heavy (non-hydrogen) atoms. The minimum atomic E-state index is 0.389. The first-order valence-corrected chi connectivity index (χ1v) is 9.75. The number of hydrogen-bond acceptors (Lipinski definition) is 2. The summed E-state index contributed by atoms with van der Waals surface area (Å²) in [7, 11) is 0. The second kappa shape index (κ2) is 6.98. The van der Waals surface area contributed by atoms with Gasteiger partial charge in [0.25, 0.3) is 0 Å². The highest BCUT2D eigenvalue weighted by Crippen LogP contribution is 2.40. The molecule has 2 heteroatoms. The van der Waals surface area contributed by atoms with E-state index in [1.807, 2.05) is 0 Å². The molecule has 0 amide bonds. The van der Waals surface area contributed by atoms with E-state index in [4.69, 9.17) is 0 Å². The van der Waals surface area contributed by atoms with Gasteiger partial charge in [0.1, 0.15) is 0 Å². The maximum Gasteiger partial charge on any atom is 0.209 e. The minimum absolute atomic E-state index is 0.389. The molecule has 0 bridgehead atoms. The molecular formula is C24H32N2. The van der Waals surface area contributed by atoms with Crippen molar-refractivity contribution in [2.45, 2.75) is 73.9 Å². The summed E-state index contributed by atoms with van der Waals surface area (Å²) in [6.07, 6.45) is 1.10. The quantitative estimate of drug-likeness (QED) is 0.668. The number of hydrogen-bond donors (Lipinski definition) is 0. The number of aryl methyl sites for hydroxylation is 6. The number of benzene rings is 2. The lowest BCUT2D eigenvalue weighted by molar-refractivity contribution is 0.581. The molecule has 1 aliphatic rings. The van der Waals surface area contributed by atoms with Gasteiger partial charge in [-0.15, -0.1) is 0 Å². The van der Waals surface area contributed by atoms with Crippen LogP contribution in [-0.4, -0.2) is 12.1 Å². The van der Waals surface area contributed by atoms with Gasteiger partial charge < -0.3 is 9.80 Å². The lowest BCUT2D eigenvalue weighted by atomic mass is 10.00. The van der Waals surface area contributed by atoms with E-state index < -0.39 is 0 Å². The third-order valence-corrected chi connectivity index (χ3v) is 5.68. The summed E-state index contributed by atoms with van der Waals surface area (Å²) >= 11 is 0. The van der Waals surface area contributed by atoms with Crippen LogP contribution in [0.4, 0.5) is 11.4 Å². The molecule has 138 valence electrons. The molecular weight excluding hydrogens is 316 g/mol. The predicted molar refractivity (Wildman–Crippen MR) is 113 cm³/mol. The van der Waals surface area contributed by atoms with Crippen LogP contribution < -0.4 is 9.80 Å². The van der Waals surface area contributed by atoms with Gasteiger partial charge in [0, 0.05) is 17.4 Å². The first kappa shape index (κ1) is 18.8. The van der Waals surface area contributed by atoms with Crippen molar-refractivity contribution in [2.24, 2.45) is 0 Å². The van der Waals surface area contributed by atoms with Crippen LogP contribution in [0, 0.1) is 48.2 Å². The lowest BCUT2D eigenvalue weighted by Gasteiger charge is -2.28. The van der Waals surface area contributed by atoms with Crippen molar-refractivity contribution >= 4 is 11.4 Å². The molecule has 1 heterocycles. The number of nitrogens with zero attached hydrogens (tertiary/aromatic N) is 2. The van der Waals surface area contributed by atoms with Gasteiger partial charge in [0.05, 0.1) is 6.04 Å². The standard InChI is InChI=1S/C24H32N2/c1-9-22-21(8)25(23-17(4)10-15(2)11-18(23)5)14-26(22)24-19(6)12-16(3)13-20(24)7/h10-13,21-22H,9H2,1-8H3. The summed E-state index contributed by atoms with van der Waals surface area (Å²) in [6.45, 7) is 21.6. The molecule has 1 aliphatic heterocycles. The smallest absolute Gasteiger partial charge is 0.209 e. The van der Waals surface area contributed by atoms with Gasteiger partial charge in [-0.1, -0.05) is 42.3 Å². The van der Waals surface area contributed by atoms with Crippen molar-refractivity contribution in [3.05, 3.63) is 64.3 Å². The maximum atomic E-state index is 3.74. The summed E-state index contributed by atoms with van der Waals surface area (Å²) in [4.78, 5) is 4.77. The zero-order valence-electron chi connectivity index (χ0n) is 17.6. The summed E-state index contributed by atoms with van der Waals surface area (Å²) in [5.74, 6) is 0. The van der Waals surface area contributed by atoms with E-state index >= 15 is 0 Å². The van der Waals surface area contributed by atoms with E-state index in [0.29, 0.717) is 12.1 Å². The molecule has 2 unspecified atom stereocenters. The van der Waals surface area contributed by atoms with Crippen LogP contribution in [0.5, 0.6) is 0 Å². The van der Waals surface area contributed by atoms with Crippen LogP contribution in [-0.2, 0) is 0 Å². The Bertz CT molecular complexity index is 775. The lowest BCUT2D eigenvalue weighted by Crippen LogP contribution is -2.35. The fourth-order valence-corrected chi connectivity index (χ4v) is 4.77. The van der Waals surface area contributed by atoms with Crippen molar-refractivity contribution in [2.75, 3.05) is 9.80 Å². The Morgan fingerprint density at radius 3 is 1.50 bits per heavy atom. The molecule has 1 saturated heterocycles. The van der Waals surface area contributed by atoms with Gasteiger partial charge >= 0.3 is 0 Å². The zero-order chi connectivity index (χ0) is 19.2. The van der Waals surface area contributed by atoms with Gasteiger partial charge in [0.2, 0.25) is 6.67 Å². The van der Waals surface area contributed by atoms with E-state index in [1.54, 1.807) is 0 Å². The van der Waals surface area contributed by atoms with Crippen molar-refractivity contribution in [1.82, 2.24) is 0 Å². The molecule has 2 atom stereocenters. The van der Waals surface area contributed by atoms with Crippen LogP contribution in [0.2, 0.25) is 0 Å². The molecule has 3 rings (SSSR count).